The van der Waals surface area contributed by atoms with Gasteiger partial charge in [0.05, 0.1) is 24.2 Å². The van der Waals surface area contributed by atoms with Crippen LogP contribution in [0.4, 0.5) is 0 Å². The highest BCUT2D eigenvalue weighted by Gasteiger charge is 2.29. The lowest BCUT2D eigenvalue weighted by molar-refractivity contribution is 0.0304. The SMILES string of the molecule is COc1ccccc1[C@@H](C)S(=O)(=O)C[C@H]1CCCCO1. The summed E-state index contributed by atoms with van der Waals surface area (Å²) < 4.78 is 35.9. The minimum absolute atomic E-state index is 0.0895. The summed E-state index contributed by atoms with van der Waals surface area (Å²) in [5, 5.41) is -0.579. The molecule has 1 heterocycles. The summed E-state index contributed by atoms with van der Waals surface area (Å²) in [4.78, 5) is 0. The molecule has 20 heavy (non-hydrogen) atoms. The van der Waals surface area contributed by atoms with E-state index >= 15 is 0 Å². The minimum Gasteiger partial charge on any atom is -0.496 e. The monoisotopic (exact) mass is 298 g/mol. The first-order valence-corrected chi connectivity index (χ1v) is 8.72. The van der Waals surface area contributed by atoms with Crippen molar-refractivity contribution in [1.29, 1.82) is 0 Å². The van der Waals surface area contributed by atoms with Gasteiger partial charge in [-0.2, -0.15) is 0 Å². The molecule has 0 saturated carbocycles. The molecule has 0 spiro atoms. The number of rotatable bonds is 5. The van der Waals surface area contributed by atoms with Crippen molar-refractivity contribution in [2.75, 3.05) is 19.5 Å². The van der Waals surface area contributed by atoms with Crippen LogP contribution in [0.1, 0.15) is 37.0 Å². The normalized spacial score (nSPS) is 21.4. The van der Waals surface area contributed by atoms with Crippen molar-refractivity contribution in [1.82, 2.24) is 0 Å². The van der Waals surface area contributed by atoms with E-state index < -0.39 is 15.1 Å². The Bertz CT molecular complexity index is 533. The Balaban J connectivity index is 2.15. The fraction of sp³-hybridized carbons (Fsp3) is 0.600. The summed E-state index contributed by atoms with van der Waals surface area (Å²) in [5.74, 6) is 0.708. The highest BCUT2D eigenvalue weighted by Crippen LogP contribution is 2.31. The van der Waals surface area contributed by atoms with E-state index in [0.29, 0.717) is 17.9 Å². The lowest BCUT2D eigenvalue weighted by Crippen LogP contribution is -2.29. The Kier molecular flexibility index (Phi) is 5.05. The lowest BCUT2D eigenvalue weighted by atomic mass is 10.1. The van der Waals surface area contributed by atoms with E-state index in [1.54, 1.807) is 20.1 Å². The lowest BCUT2D eigenvalue weighted by Gasteiger charge is -2.24. The van der Waals surface area contributed by atoms with Gasteiger partial charge in [0.1, 0.15) is 5.75 Å². The van der Waals surface area contributed by atoms with E-state index in [4.69, 9.17) is 9.47 Å². The number of sulfone groups is 1. The van der Waals surface area contributed by atoms with Gasteiger partial charge < -0.3 is 9.47 Å². The van der Waals surface area contributed by atoms with Gasteiger partial charge >= 0.3 is 0 Å². The molecule has 2 atom stereocenters. The zero-order valence-corrected chi connectivity index (χ0v) is 12.9. The van der Waals surface area contributed by atoms with Gasteiger partial charge in [0.15, 0.2) is 9.84 Å². The molecule has 112 valence electrons. The van der Waals surface area contributed by atoms with Crippen molar-refractivity contribution < 1.29 is 17.9 Å². The predicted octanol–water partition coefficient (Wildman–Crippen LogP) is 2.74. The van der Waals surface area contributed by atoms with Crippen LogP contribution in [-0.2, 0) is 14.6 Å². The first kappa shape index (κ1) is 15.3. The summed E-state index contributed by atoms with van der Waals surface area (Å²) in [7, 11) is -1.69. The van der Waals surface area contributed by atoms with Crippen LogP contribution in [-0.4, -0.2) is 34.0 Å². The van der Waals surface area contributed by atoms with Crippen molar-refractivity contribution in [2.45, 2.75) is 37.5 Å². The summed E-state index contributed by atoms with van der Waals surface area (Å²) in [6.07, 6.45) is 2.74. The van der Waals surface area contributed by atoms with Gasteiger partial charge in [-0.1, -0.05) is 18.2 Å². The van der Waals surface area contributed by atoms with Crippen molar-refractivity contribution in [3.8, 4) is 5.75 Å². The fourth-order valence-corrected chi connectivity index (χ4v) is 4.19. The largest absolute Gasteiger partial charge is 0.496 e. The number of para-hydroxylation sites is 1. The Morgan fingerprint density at radius 2 is 2.10 bits per heavy atom. The minimum atomic E-state index is -3.25. The van der Waals surface area contributed by atoms with Crippen LogP contribution in [0, 0.1) is 0 Å². The third-order valence-corrected chi connectivity index (χ3v) is 5.98. The number of benzene rings is 1. The van der Waals surface area contributed by atoms with Crippen LogP contribution in [0.2, 0.25) is 0 Å². The Hall–Kier alpha value is -1.07. The maximum Gasteiger partial charge on any atom is 0.159 e. The van der Waals surface area contributed by atoms with Gasteiger partial charge in [0.25, 0.3) is 0 Å². The topological polar surface area (TPSA) is 52.6 Å². The zero-order valence-electron chi connectivity index (χ0n) is 12.0. The van der Waals surface area contributed by atoms with Gasteiger partial charge in [-0.05, 0) is 32.3 Å². The molecule has 0 N–H and O–H groups in total. The second-order valence-electron chi connectivity index (χ2n) is 5.20. The maximum absolute atomic E-state index is 12.5. The molecule has 0 radical (unpaired) electrons. The number of ether oxygens (including phenoxy) is 2. The molecule has 4 nitrogen and oxygen atoms in total. The van der Waals surface area contributed by atoms with Crippen molar-refractivity contribution in [2.24, 2.45) is 0 Å². The summed E-state index contributed by atoms with van der Waals surface area (Å²) in [6.45, 7) is 2.39. The molecule has 2 rings (SSSR count). The molecule has 1 aromatic carbocycles. The molecule has 1 aliphatic heterocycles. The number of hydrogen-bond acceptors (Lipinski definition) is 4. The van der Waals surface area contributed by atoms with Crippen LogP contribution in [0.15, 0.2) is 24.3 Å². The third kappa shape index (κ3) is 3.52. The highest BCUT2D eigenvalue weighted by atomic mass is 32.2. The van der Waals surface area contributed by atoms with Gasteiger partial charge in [-0.3, -0.25) is 0 Å². The highest BCUT2D eigenvalue weighted by molar-refractivity contribution is 7.91. The van der Waals surface area contributed by atoms with Gasteiger partial charge in [0.2, 0.25) is 0 Å². The van der Waals surface area contributed by atoms with E-state index in [0.717, 1.165) is 19.3 Å². The zero-order chi connectivity index (χ0) is 14.6. The Labute approximate surface area is 121 Å². The second kappa shape index (κ2) is 6.59. The van der Waals surface area contributed by atoms with Gasteiger partial charge in [-0.15, -0.1) is 0 Å². The molecule has 0 amide bonds. The molecule has 1 fully saturated rings. The molecular formula is C15H22O4S. The predicted molar refractivity (Wildman–Crippen MR) is 78.8 cm³/mol. The van der Waals surface area contributed by atoms with Crippen LogP contribution < -0.4 is 4.74 Å². The standard InChI is InChI=1S/C15H22O4S/c1-12(14-8-3-4-9-15(14)18-2)20(16,17)11-13-7-5-6-10-19-13/h3-4,8-9,12-13H,5-7,10-11H2,1-2H3/t12-,13-/m1/s1. The summed E-state index contributed by atoms with van der Waals surface area (Å²) in [6, 6.07) is 7.27. The van der Waals surface area contributed by atoms with E-state index in [2.05, 4.69) is 0 Å². The van der Waals surface area contributed by atoms with Crippen LogP contribution in [0.5, 0.6) is 5.75 Å². The Morgan fingerprint density at radius 1 is 1.35 bits per heavy atom. The molecule has 1 aliphatic rings. The van der Waals surface area contributed by atoms with Crippen molar-refractivity contribution in [3.63, 3.8) is 0 Å². The molecule has 0 bridgehead atoms. The number of hydrogen-bond donors (Lipinski definition) is 0. The van der Waals surface area contributed by atoms with Crippen molar-refractivity contribution >= 4 is 9.84 Å². The molecule has 0 aliphatic carbocycles. The maximum atomic E-state index is 12.5. The van der Waals surface area contributed by atoms with Crippen LogP contribution in [0.25, 0.3) is 0 Å². The molecule has 5 heteroatoms. The first-order chi connectivity index (χ1) is 9.54. The summed E-state index contributed by atoms with van der Waals surface area (Å²) >= 11 is 0. The van der Waals surface area contributed by atoms with Gasteiger partial charge in [0, 0.05) is 12.2 Å². The molecule has 1 aromatic rings. The molecular weight excluding hydrogens is 276 g/mol. The van der Waals surface area contributed by atoms with E-state index in [1.807, 2.05) is 18.2 Å². The van der Waals surface area contributed by atoms with E-state index in [9.17, 15) is 8.42 Å². The van der Waals surface area contributed by atoms with E-state index in [-0.39, 0.29) is 11.9 Å². The number of methoxy groups -OCH3 is 1. The molecule has 0 unspecified atom stereocenters. The quantitative estimate of drug-likeness (QED) is 0.838. The van der Waals surface area contributed by atoms with Crippen molar-refractivity contribution in [3.05, 3.63) is 29.8 Å². The molecule has 1 saturated heterocycles. The fourth-order valence-electron chi connectivity index (χ4n) is 2.54. The first-order valence-electron chi connectivity index (χ1n) is 7.00. The average molecular weight is 298 g/mol. The second-order valence-corrected chi connectivity index (χ2v) is 7.57. The van der Waals surface area contributed by atoms with E-state index in [1.165, 1.54) is 0 Å². The average Bonchev–Trinajstić information content (AvgIpc) is 2.47. The summed E-state index contributed by atoms with van der Waals surface area (Å²) in [5.41, 5.74) is 0.714. The molecule has 0 aromatic heterocycles. The van der Waals surface area contributed by atoms with Crippen LogP contribution >= 0.6 is 0 Å². The Morgan fingerprint density at radius 3 is 2.75 bits per heavy atom. The smallest absolute Gasteiger partial charge is 0.159 e. The van der Waals surface area contributed by atoms with Gasteiger partial charge in [-0.25, -0.2) is 8.42 Å². The third-order valence-electron chi connectivity index (χ3n) is 3.81. The van der Waals surface area contributed by atoms with Crippen LogP contribution in [0.3, 0.4) is 0 Å².